The van der Waals surface area contributed by atoms with Gasteiger partial charge >= 0.3 is 0 Å². The van der Waals surface area contributed by atoms with Crippen molar-refractivity contribution in [3.05, 3.63) is 10.4 Å². The highest BCUT2D eigenvalue weighted by Gasteiger charge is 2.29. The maximum atomic E-state index is 12.2. The molecule has 0 aliphatic heterocycles. The van der Waals surface area contributed by atoms with Crippen molar-refractivity contribution < 1.29 is 4.79 Å². The number of nitrogen functional groups attached to an aromatic ring is 1. The molecule has 0 unspecified atom stereocenters. The van der Waals surface area contributed by atoms with Crippen LogP contribution in [0.15, 0.2) is 0 Å². The largest absolute Gasteiger partial charge is 0.396 e. The van der Waals surface area contributed by atoms with E-state index in [0.29, 0.717) is 16.1 Å². The zero-order chi connectivity index (χ0) is 14.9. The lowest BCUT2D eigenvalue weighted by atomic mass is 10.1. The molecule has 0 saturated heterocycles. The van der Waals surface area contributed by atoms with Gasteiger partial charge in [-0.2, -0.15) is 5.26 Å². The molecule has 1 aromatic rings. The third-order valence-electron chi connectivity index (χ3n) is 3.63. The first kappa shape index (κ1) is 14.9. The summed E-state index contributed by atoms with van der Waals surface area (Å²) >= 11 is 1.38. The van der Waals surface area contributed by atoms with Crippen LogP contribution in [0.1, 0.15) is 48.8 Å². The number of nitrogens with zero attached hydrogens (tertiary/aromatic N) is 2. The molecule has 0 atom stereocenters. The number of Topliss-reactive ketones (excluding diaryl/α,β-unsaturated/α-hetero) is 1. The van der Waals surface area contributed by atoms with Gasteiger partial charge in [0.05, 0.1) is 10.6 Å². The number of nitriles is 1. The van der Waals surface area contributed by atoms with E-state index < -0.39 is 0 Å². The first-order valence-electron chi connectivity index (χ1n) is 7.11. The van der Waals surface area contributed by atoms with E-state index in [1.54, 1.807) is 0 Å². The number of hydrogen-bond acceptors (Lipinski definition) is 5. The molecule has 1 fully saturated rings. The van der Waals surface area contributed by atoms with Crippen LogP contribution in [0.4, 0.5) is 10.7 Å². The smallest absolute Gasteiger partial charge is 0.177 e. The minimum Gasteiger partial charge on any atom is -0.396 e. The van der Waals surface area contributed by atoms with Crippen molar-refractivity contribution in [2.24, 2.45) is 11.8 Å². The van der Waals surface area contributed by atoms with Gasteiger partial charge < -0.3 is 10.6 Å². The first-order chi connectivity index (χ1) is 9.49. The summed E-state index contributed by atoms with van der Waals surface area (Å²) in [4.78, 5) is 14.9. The van der Waals surface area contributed by atoms with E-state index in [-0.39, 0.29) is 11.7 Å². The van der Waals surface area contributed by atoms with Gasteiger partial charge in [0.1, 0.15) is 16.6 Å². The second-order valence-electron chi connectivity index (χ2n) is 5.64. The third-order valence-corrected chi connectivity index (χ3v) is 4.91. The van der Waals surface area contributed by atoms with E-state index in [2.05, 4.69) is 17.9 Å². The minimum absolute atomic E-state index is 0.0257. The molecule has 108 valence electrons. The lowest BCUT2D eigenvalue weighted by Crippen LogP contribution is -2.24. The van der Waals surface area contributed by atoms with E-state index in [0.717, 1.165) is 24.0 Å². The number of hydrogen-bond donors (Lipinski definition) is 1. The molecule has 1 aliphatic carbocycles. The molecular formula is C15H21N3OS. The molecule has 2 rings (SSSR count). The molecule has 0 radical (unpaired) electrons. The van der Waals surface area contributed by atoms with Crippen LogP contribution in [-0.2, 0) is 0 Å². The van der Waals surface area contributed by atoms with Gasteiger partial charge in [-0.3, -0.25) is 4.79 Å². The fraction of sp³-hybridized carbons (Fsp3) is 0.600. The Kier molecular flexibility index (Phi) is 4.34. The number of ketones is 1. The molecule has 1 aliphatic rings. The molecule has 2 N–H and O–H groups in total. The van der Waals surface area contributed by atoms with Gasteiger partial charge in [-0.25, -0.2) is 0 Å². The monoisotopic (exact) mass is 291 g/mol. The Balaban J connectivity index is 2.39. The number of carbonyl (C=O) groups is 1. The molecule has 1 heterocycles. The van der Waals surface area contributed by atoms with Gasteiger partial charge in [-0.05, 0) is 25.7 Å². The highest BCUT2D eigenvalue weighted by molar-refractivity contribution is 7.19. The summed E-state index contributed by atoms with van der Waals surface area (Å²) in [7, 11) is 0. The number of anilines is 2. The molecule has 1 aromatic heterocycles. The van der Waals surface area contributed by atoms with Crippen molar-refractivity contribution in [2.45, 2.75) is 33.6 Å². The van der Waals surface area contributed by atoms with Gasteiger partial charge in [0.2, 0.25) is 0 Å². The van der Waals surface area contributed by atoms with E-state index in [9.17, 15) is 10.1 Å². The summed E-state index contributed by atoms with van der Waals surface area (Å²) in [6, 6.07) is 2.18. The van der Waals surface area contributed by atoms with Gasteiger partial charge in [-0.15, -0.1) is 11.3 Å². The molecule has 0 bridgehead atoms. The van der Waals surface area contributed by atoms with Crippen LogP contribution in [0.25, 0.3) is 0 Å². The van der Waals surface area contributed by atoms with Gasteiger partial charge in [0, 0.05) is 19.0 Å². The van der Waals surface area contributed by atoms with Gasteiger partial charge in [0.25, 0.3) is 0 Å². The molecular weight excluding hydrogens is 270 g/mol. The standard InChI is InChI=1S/C15H21N3OS/c1-4-18(8-10-5-6-10)15-11(7-16)12(17)14(20-15)13(19)9(2)3/h9-10H,4-6,8,17H2,1-3H3. The molecule has 1 saturated carbocycles. The van der Waals surface area contributed by atoms with Crippen LogP contribution in [0.2, 0.25) is 0 Å². The quantitative estimate of drug-likeness (QED) is 0.817. The van der Waals surface area contributed by atoms with Gasteiger partial charge in [0.15, 0.2) is 5.78 Å². The Morgan fingerprint density at radius 1 is 1.55 bits per heavy atom. The zero-order valence-electron chi connectivity index (χ0n) is 12.3. The summed E-state index contributed by atoms with van der Waals surface area (Å²) in [5.74, 6) is 0.653. The van der Waals surface area contributed by atoms with Crippen LogP contribution >= 0.6 is 11.3 Å². The molecule has 0 aromatic carbocycles. The number of carbonyl (C=O) groups excluding carboxylic acids is 1. The first-order valence-corrected chi connectivity index (χ1v) is 7.92. The second-order valence-corrected chi connectivity index (χ2v) is 6.64. The molecule has 4 nitrogen and oxygen atoms in total. The SMILES string of the molecule is CCN(CC1CC1)c1sc(C(=O)C(C)C)c(N)c1C#N. The van der Waals surface area contributed by atoms with Crippen molar-refractivity contribution in [1.29, 1.82) is 5.26 Å². The Morgan fingerprint density at radius 2 is 2.20 bits per heavy atom. The van der Waals surface area contributed by atoms with Crippen molar-refractivity contribution in [3.8, 4) is 6.07 Å². The van der Waals surface area contributed by atoms with E-state index in [1.807, 2.05) is 13.8 Å². The molecule has 0 spiro atoms. The molecule has 5 heteroatoms. The van der Waals surface area contributed by atoms with Crippen molar-refractivity contribution in [2.75, 3.05) is 23.7 Å². The van der Waals surface area contributed by atoms with Crippen molar-refractivity contribution in [3.63, 3.8) is 0 Å². The molecule has 20 heavy (non-hydrogen) atoms. The molecule has 0 amide bonds. The van der Waals surface area contributed by atoms with Crippen LogP contribution in [0, 0.1) is 23.2 Å². The summed E-state index contributed by atoms with van der Waals surface area (Å²) in [6.07, 6.45) is 2.52. The van der Waals surface area contributed by atoms with Crippen LogP contribution in [0.5, 0.6) is 0 Å². The lowest BCUT2D eigenvalue weighted by molar-refractivity contribution is 0.0944. The average Bonchev–Trinajstić information content (AvgIpc) is 3.18. The minimum atomic E-state index is -0.103. The van der Waals surface area contributed by atoms with E-state index in [4.69, 9.17) is 5.73 Å². The summed E-state index contributed by atoms with van der Waals surface area (Å²) in [5.41, 5.74) is 6.87. The maximum Gasteiger partial charge on any atom is 0.177 e. The van der Waals surface area contributed by atoms with Gasteiger partial charge in [-0.1, -0.05) is 13.8 Å². The Hall–Kier alpha value is -1.54. The number of thiophene rings is 1. The predicted octanol–water partition coefficient (Wildman–Crippen LogP) is 3.28. The number of rotatable bonds is 6. The van der Waals surface area contributed by atoms with Crippen LogP contribution in [-0.4, -0.2) is 18.9 Å². The fourth-order valence-electron chi connectivity index (χ4n) is 2.18. The lowest BCUT2D eigenvalue weighted by Gasteiger charge is -2.21. The maximum absolute atomic E-state index is 12.2. The van der Waals surface area contributed by atoms with E-state index in [1.165, 1.54) is 24.2 Å². The summed E-state index contributed by atoms with van der Waals surface area (Å²) in [5, 5.41) is 10.2. The number of nitrogens with two attached hydrogens (primary N) is 1. The average molecular weight is 291 g/mol. The summed E-state index contributed by atoms with van der Waals surface area (Å²) in [6.45, 7) is 7.58. The highest BCUT2D eigenvalue weighted by atomic mass is 32.1. The van der Waals surface area contributed by atoms with E-state index >= 15 is 0 Å². The van der Waals surface area contributed by atoms with Crippen molar-refractivity contribution in [1.82, 2.24) is 0 Å². The highest BCUT2D eigenvalue weighted by Crippen LogP contribution is 2.41. The topological polar surface area (TPSA) is 70.1 Å². The second kappa shape index (κ2) is 5.84. The zero-order valence-corrected chi connectivity index (χ0v) is 13.1. The normalized spacial score (nSPS) is 14.3. The summed E-state index contributed by atoms with van der Waals surface area (Å²) < 4.78 is 0. The van der Waals surface area contributed by atoms with Crippen molar-refractivity contribution >= 4 is 27.8 Å². The Bertz CT molecular complexity index is 552. The Morgan fingerprint density at radius 3 is 2.65 bits per heavy atom. The fourth-order valence-corrected chi connectivity index (χ4v) is 3.51. The van der Waals surface area contributed by atoms with Crippen LogP contribution < -0.4 is 10.6 Å². The third kappa shape index (κ3) is 2.80. The van der Waals surface area contributed by atoms with Crippen LogP contribution in [0.3, 0.4) is 0 Å². The Labute approximate surface area is 124 Å². The predicted molar refractivity (Wildman–Crippen MR) is 83.2 cm³/mol.